The minimum atomic E-state index is 0.179. The van der Waals surface area contributed by atoms with E-state index in [2.05, 4.69) is 16.5 Å². The lowest BCUT2D eigenvalue weighted by molar-refractivity contribution is 0.202. The van der Waals surface area contributed by atoms with Crippen LogP contribution in [-0.4, -0.2) is 34.7 Å². The van der Waals surface area contributed by atoms with Gasteiger partial charge in [0.2, 0.25) is 0 Å². The predicted octanol–water partition coefficient (Wildman–Crippen LogP) is 1.12. The van der Waals surface area contributed by atoms with E-state index in [1.165, 1.54) is 0 Å². The van der Waals surface area contributed by atoms with Crippen molar-refractivity contribution in [1.82, 2.24) is 9.88 Å². The molecule has 4 heteroatoms. The molecule has 0 aliphatic heterocycles. The van der Waals surface area contributed by atoms with E-state index in [0.717, 1.165) is 18.8 Å². The monoisotopic (exact) mass is 198 g/mol. The SMILES string of the molecule is C=CCN(CCO)Cc1cscn1. The number of hydrogen-bond donors (Lipinski definition) is 1. The van der Waals surface area contributed by atoms with Crippen molar-refractivity contribution in [3.8, 4) is 0 Å². The average molecular weight is 198 g/mol. The zero-order valence-electron chi connectivity index (χ0n) is 7.52. The normalized spacial score (nSPS) is 10.6. The number of rotatable bonds is 6. The van der Waals surface area contributed by atoms with Crippen molar-refractivity contribution in [1.29, 1.82) is 0 Å². The Morgan fingerprint density at radius 1 is 1.69 bits per heavy atom. The van der Waals surface area contributed by atoms with Gasteiger partial charge in [-0.05, 0) is 0 Å². The zero-order chi connectivity index (χ0) is 9.52. The third-order valence-corrected chi connectivity index (χ3v) is 2.31. The first-order chi connectivity index (χ1) is 6.36. The smallest absolute Gasteiger partial charge is 0.0795 e. The largest absolute Gasteiger partial charge is 0.395 e. The van der Waals surface area contributed by atoms with Crippen LogP contribution in [0.4, 0.5) is 0 Å². The number of aromatic nitrogens is 1. The Kier molecular flexibility index (Phi) is 4.67. The Morgan fingerprint density at radius 3 is 3.08 bits per heavy atom. The van der Waals surface area contributed by atoms with Gasteiger partial charge in [0.1, 0.15) is 0 Å². The van der Waals surface area contributed by atoms with Gasteiger partial charge in [-0.25, -0.2) is 4.98 Å². The minimum absolute atomic E-state index is 0.179. The molecule has 0 aromatic carbocycles. The number of aliphatic hydroxyl groups is 1. The molecule has 0 fully saturated rings. The Labute approximate surface area is 82.3 Å². The van der Waals surface area contributed by atoms with Crippen molar-refractivity contribution < 1.29 is 5.11 Å². The molecule has 1 aromatic rings. The molecule has 0 spiro atoms. The van der Waals surface area contributed by atoms with Crippen LogP contribution in [0.5, 0.6) is 0 Å². The van der Waals surface area contributed by atoms with E-state index in [9.17, 15) is 0 Å². The fourth-order valence-corrected chi connectivity index (χ4v) is 1.65. The Balaban J connectivity index is 2.42. The summed E-state index contributed by atoms with van der Waals surface area (Å²) in [4.78, 5) is 6.28. The number of nitrogens with zero attached hydrogens (tertiary/aromatic N) is 2. The number of thiazole rings is 1. The molecular formula is C9H14N2OS. The molecule has 1 rings (SSSR count). The van der Waals surface area contributed by atoms with Crippen LogP contribution in [0.2, 0.25) is 0 Å². The lowest BCUT2D eigenvalue weighted by atomic mass is 10.4. The first kappa shape index (κ1) is 10.4. The van der Waals surface area contributed by atoms with E-state index < -0.39 is 0 Å². The van der Waals surface area contributed by atoms with Gasteiger partial charge in [-0.15, -0.1) is 17.9 Å². The van der Waals surface area contributed by atoms with Gasteiger partial charge in [-0.2, -0.15) is 0 Å². The molecule has 0 saturated carbocycles. The molecule has 0 atom stereocenters. The summed E-state index contributed by atoms with van der Waals surface area (Å²) in [6, 6.07) is 0. The molecule has 0 unspecified atom stereocenters. The molecule has 0 bridgehead atoms. The molecule has 1 N–H and O–H groups in total. The van der Waals surface area contributed by atoms with Gasteiger partial charge < -0.3 is 5.11 Å². The van der Waals surface area contributed by atoms with Gasteiger partial charge in [0.15, 0.2) is 0 Å². The third-order valence-electron chi connectivity index (χ3n) is 1.67. The van der Waals surface area contributed by atoms with Crippen LogP contribution in [-0.2, 0) is 6.54 Å². The quantitative estimate of drug-likeness (QED) is 0.696. The van der Waals surface area contributed by atoms with E-state index in [-0.39, 0.29) is 6.61 Å². The van der Waals surface area contributed by atoms with Gasteiger partial charge in [0.05, 0.1) is 17.8 Å². The van der Waals surface area contributed by atoms with Crippen LogP contribution in [0, 0.1) is 0 Å². The lowest BCUT2D eigenvalue weighted by Gasteiger charge is -2.17. The van der Waals surface area contributed by atoms with Crippen LogP contribution in [0.25, 0.3) is 0 Å². The number of aliphatic hydroxyl groups excluding tert-OH is 1. The first-order valence-corrected chi connectivity index (χ1v) is 5.12. The fraction of sp³-hybridized carbons (Fsp3) is 0.444. The van der Waals surface area contributed by atoms with Crippen molar-refractivity contribution in [2.75, 3.05) is 19.7 Å². The summed E-state index contributed by atoms with van der Waals surface area (Å²) < 4.78 is 0. The molecular weight excluding hydrogens is 184 g/mol. The Morgan fingerprint density at radius 2 is 2.54 bits per heavy atom. The molecule has 0 aliphatic carbocycles. The maximum Gasteiger partial charge on any atom is 0.0795 e. The second-order valence-electron chi connectivity index (χ2n) is 2.73. The maximum absolute atomic E-state index is 8.80. The highest BCUT2D eigenvalue weighted by Crippen LogP contribution is 2.04. The van der Waals surface area contributed by atoms with Crippen molar-refractivity contribution in [2.24, 2.45) is 0 Å². The standard InChI is InChI=1S/C9H14N2OS/c1-2-3-11(4-5-12)6-9-7-13-8-10-9/h2,7-8,12H,1,3-6H2. The summed E-state index contributed by atoms with van der Waals surface area (Å²) in [6.45, 7) is 6.10. The maximum atomic E-state index is 8.80. The zero-order valence-corrected chi connectivity index (χ0v) is 8.33. The summed E-state index contributed by atoms with van der Waals surface area (Å²) in [5.74, 6) is 0. The number of hydrogen-bond acceptors (Lipinski definition) is 4. The van der Waals surface area contributed by atoms with E-state index in [1.807, 2.05) is 17.0 Å². The van der Waals surface area contributed by atoms with Crippen LogP contribution in [0.15, 0.2) is 23.5 Å². The molecule has 0 saturated heterocycles. The first-order valence-electron chi connectivity index (χ1n) is 4.18. The van der Waals surface area contributed by atoms with Gasteiger partial charge in [-0.1, -0.05) is 6.08 Å². The van der Waals surface area contributed by atoms with Gasteiger partial charge in [0, 0.05) is 25.0 Å². The molecule has 1 aromatic heterocycles. The van der Waals surface area contributed by atoms with Crippen LogP contribution < -0.4 is 0 Å². The van der Waals surface area contributed by atoms with E-state index in [1.54, 1.807) is 11.3 Å². The summed E-state index contributed by atoms with van der Waals surface area (Å²) in [5, 5.41) is 10.8. The van der Waals surface area contributed by atoms with Crippen molar-refractivity contribution >= 4 is 11.3 Å². The molecule has 0 aliphatic rings. The topological polar surface area (TPSA) is 36.4 Å². The summed E-state index contributed by atoms with van der Waals surface area (Å²) >= 11 is 1.59. The van der Waals surface area contributed by atoms with Gasteiger partial charge >= 0.3 is 0 Å². The van der Waals surface area contributed by atoms with E-state index in [0.29, 0.717) is 6.54 Å². The minimum Gasteiger partial charge on any atom is -0.395 e. The second-order valence-corrected chi connectivity index (χ2v) is 3.45. The average Bonchev–Trinajstić information content (AvgIpc) is 2.58. The van der Waals surface area contributed by atoms with Crippen LogP contribution >= 0.6 is 11.3 Å². The highest BCUT2D eigenvalue weighted by Gasteiger charge is 2.03. The van der Waals surface area contributed by atoms with Gasteiger partial charge in [-0.3, -0.25) is 4.90 Å². The highest BCUT2D eigenvalue weighted by molar-refractivity contribution is 7.07. The molecule has 0 amide bonds. The summed E-state index contributed by atoms with van der Waals surface area (Å²) in [5.41, 5.74) is 2.88. The van der Waals surface area contributed by atoms with Crippen molar-refractivity contribution in [2.45, 2.75) is 6.54 Å². The van der Waals surface area contributed by atoms with E-state index >= 15 is 0 Å². The van der Waals surface area contributed by atoms with E-state index in [4.69, 9.17) is 5.11 Å². The third kappa shape index (κ3) is 3.67. The predicted molar refractivity (Wildman–Crippen MR) is 54.7 cm³/mol. The van der Waals surface area contributed by atoms with Crippen LogP contribution in [0.3, 0.4) is 0 Å². The molecule has 0 radical (unpaired) electrons. The van der Waals surface area contributed by atoms with Gasteiger partial charge in [0.25, 0.3) is 0 Å². The lowest BCUT2D eigenvalue weighted by Crippen LogP contribution is -2.26. The molecule has 72 valence electrons. The van der Waals surface area contributed by atoms with Crippen LogP contribution in [0.1, 0.15) is 5.69 Å². The fourth-order valence-electron chi connectivity index (χ4n) is 1.10. The Hall–Kier alpha value is -0.710. The molecule has 1 heterocycles. The summed E-state index contributed by atoms with van der Waals surface area (Å²) in [7, 11) is 0. The molecule has 13 heavy (non-hydrogen) atoms. The Bertz CT molecular complexity index is 236. The van der Waals surface area contributed by atoms with Crippen molar-refractivity contribution in [3.63, 3.8) is 0 Å². The van der Waals surface area contributed by atoms with Crippen molar-refractivity contribution in [3.05, 3.63) is 29.2 Å². The second kappa shape index (κ2) is 5.85. The summed E-state index contributed by atoms with van der Waals surface area (Å²) in [6.07, 6.45) is 1.84. The highest BCUT2D eigenvalue weighted by atomic mass is 32.1. The molecule has 3 nitrogen and oxygen atoms in total.